The second kappa shape index (κ2) is 15.5. The van der Waals surface area contributed by atoms with Crippen molar-refractivity contribution in [3.8, 4) is 0 Å². The van der Waals surface area contributed by atoms with Crippen molar-refractivity contribution in [2.75, 3.05) is 0 Å². The molecule has 0 aliphatic heterocycles. The molecule has 0 heterocycles. The Balaban J connectivity index is 0. The summed E-state index contributed by atoms with van der Waals surface area (Å²) in [6.45, 7) is 8.32. The van der Waals surface area contributed by atoms with Gasteiger partial charge in [-0.1, -0.05) is 58.0 Å². The van der Waals surface area contributed by atoms with Crippen LogP contribution in [0.25, 0.3) is 0 Å². The summed E-state index contributed by atoms with van der Waals surface area (Å²) in [7, 11) is 0. The lowest BCUT2D eigenvalue weighted by Gasteiger charge is -1.99. The average molecular weight is 382 g/mol. The van der Waals surface area contributed by atoms with Crippen molar-refractivity contribution >= 4 is 23.9 Å². The molecule has 0 aliphatic carbocycles. The maximum absolute atomic E-state index is 11.0. The summed E-state index contributed by atoms with van der Waals surface area (Å²) in [5.41, 5.74) is 0.841. The number of carbonyl (C=O) groups is 4. The number of carboxylic acids is 2. The Morgan fingerprint density at radius 2 is 1.30 bits per heavy atom. The molecule has 2 unspecified atom stereocenters. The number of aliphatic carboxylic acids is 2. The fourth-order valence-electron chi connectivity index (χ4n) is 1.31. The van der Waals surface area contributed by atoms with Crippen LogP contribution in [-0.4, -0.2) is 34.1 Å². The molecular weight excluding hydrogens is 352 g/mol. The number of carbonyl (C=O) groups excluding carboxylic acids is 2. The molecule has 7 nitrogen and oxygen atoms in total. The molecule has 0 saturated heterocycles. The monoisotopic (exact) mass is 382 g/mol. The predicted molar refractivity (Wildman–Crippen MR) is 101 cm³/mol. The Morgan fingerprint density at radius 1 is 0.889 bits per heavy atom. The molecule has 1 aromatic rings. The van der Waals surface area contributed by atoms with Crippen LogP contribution in [0.3, 0.4) is 0 Å². The van der Waals surface area contributed by atoms with Gasteiger partial charge in [0, 0.05) is 6.92 Å². The van der Waals surface area contributed by atoms with Gasteiger partial charge in [0.05, 0.1) is 18.3 Å². The molecule has 0 amide bonds. The molecule has 0 saturated carbocycles. The fourth-order valence-corrected chi connectivity index (χ4v) is 1.31. The van der Waals surface area contributed by atoms with E-state index in [1.807, 2.05) is 32.0 Å². The quantitative estimate of drug-likeness (QED) is 0.570. The number of esters is 2. The summed E-state index contributed by atoms with van der Waals surface area (Å²) in [4.78, 5) is 41.2. The van der Waals surface area contributed by atoms with Gasteiger partial charge in [0.2, 0.25) is 0 Å². The number of hydrogen-bond acceptors (Lipinski definition) is 5. The van der Waals surface area contributed by atoms with Gasteiger partial charge in [-0.2, -0.15) is 0 Å². The molecule has 152 valence electrons. The van der Waals surface area contributed by atoms with E-state index >= 15 is 0 Å². The normalized spacial score (nSPS) is 11.4. The molecule has 2 N–H and O–H groups in total. The third-order valence-corrected chi connectivity index (χ3v) is 3.52. The molecule has 0 spiro atoms. The molecular formula is C20H30O7. The van der Waals surface area contributed by atoms with E-state index in [2.05, 4.69) is 4.74 Å². The third kappa shape index (κ3) is 16.5. The number of carboxylic acid groups (broad SMARTS) is 2. The van der Waals surface area contributed by atoms with Crippen LogP contribution < -0.4 is 0 Å². The molecule has 0 radical (unpaired) electrons. The van der Waals surface area contributed by atoms with Crippen molar-refractivity contribution in [3.05, 3.63) is 35.9 Å². The predicted octanol–water partition coefficient (Wildman–Crippen LogP) is 3.55. The first-order valence-electron chi connectivity index (χ1n) is 8.75. The van der Waals surface area contributed by atoms with Crippen LogP contribution in [0.5, 0.6) is 0 Å². The summed E-state index contributed by atoms with van der Waals surface area (Å²) >= 11 is 0. The smallest absolute Gasteiger partial charge is 0.317 e. The standard InChI is InChI=1S/C10H10O3.2C5H10O2/c1-8(11)13-10(12)7-9-5-3-2-4-6-9;2*1-3-4(2)5(6)7/h2-6H,7H2,1H3;2*4H,3H2,1-2H3,(H,6,7). The number of hydrogen-bond donors (Lipinski definition) is 2. The highest BCUT2D eigenvalue weighted by atomic mass is 16.6. The van der Waals surface area contributed by atoms with E-state index in [1.54, 1.807) is 26.0 Å². The summed E-state index contributed by atoms with van der Waals surface area (Å²) < 4.78 is 4.38. The maximum Gasteiger partial charge on any atom is 0.317 e. The first kappa shape index (κ1) is 26.5. The van der Waals surface area contributed by atoms with Crippen LogP contribution in [0, 0.1) is 11.8 Å². The number of ether oxygens (including phenoxy) is 1. The van der Waals surface area contributed by atoms with Crippen LogP contribution in [0.2, 0.25) is 0 Å². The van der Waals surface area contributed by atoms with Crippen LogP contribution in [0.4, 0.5) is 0 Å². The van der Waals surface area contributed by atoms with Gasteiger partial charge < -0.3 is 14.9 Å². The zero-order chi connectivity index (χ0) is 21.4. The van der Waals surface area contributed by atoms with Crippen LogP contribution in [0.15, 0.2) is 30.3 Å². The first-order valence-corrected chi connectivity index (χ1v) is 8.75. The maximum atomic E-state index is 11.0. The van der Waals surface area contributed by atoms with Gasteiger partial charge in [0.15, 0.2) is 0 Å². The second-order valence-electron chi connectivity index (χ2n) is 5.92. The third-order valence-electron chi connectivity index (χ3n) is 3.52. The van der Waals surface area contributed by atoms with Gasteiger partial charge in [-0.05, 0) is 18.4 Å². The SMILES string of the molecule is CC(=O)OC(=O)Cc1ccccc1.CCC(C)C(=O)O.CCC(C)C(=O)O. The van der Waals surface area contributed by atoms with Crippen molar-refractivity contribution in [1.82, 2.24) is 0 Å². The minimum absolute atomic E-state index is 0.139. The van der Waals surface area contributed by atoms with Crippen molar-refractivity contribution in [1.29, 1.82) is 0 Å². The van der Waals surface area contributed by atoms with Gasteiger partial charge in [-0.15, -0.1) is 0 Å². The molecule has 0 fully saturated rings. The lowest BCUT2D eigenvalue weighted by atomic mass is 10.1. The Kier molecular flexibility index (Phi) is 15.3. The number of rotatable bonds is 6. The van der Waals surface area contributed by atoms with E-state index in [-0.39, 0.29) is 18.3 Å². The van der Waals surface area contributed by atoms with Crippen LogP contribution in [-0.2, 0) is 30.3 Å². The Morgan fingerprint density at radius 3 is 1.56 bits per heavy atom. The van der Waals surface area contributed by atoms with Gasteiger partial charge in [0.1, 0.15) is 0 Å². The van der Waals surface area contributed by atoms with Crippen molar-refractivity contribution in [2.45, 2.75) is 53.9 Å². The minimum Gasteiger partial charge on any atom is -0.481 e. The molecule has 27 heavy (non-hydrogen) atoms. The Labute approximate surface area is 160 Å². The van der Waals surface area contributed by atoms with E-state index in [4.69, 9.17) is 10.2 Å². The minimum atomic E-state index is -0.706. The van der Waals surface area contributed by atoms with Gasteiger partial charge in [0.25, 0.3) is 0 Å². The molecule has 1 rings (SSSR count). The highest BCUT2D eigenvalue weighted by molar-refractivity contribution is 5.85. The molecule has 0 bridgehead atoms. The Bertz CT molecular complexity index is 561. The van der Waals surface area contributed by atoms with E-state index < -0.39 is 23.9 Å². The van der Waals surface area contributed by atoms with E-state index in [1.165, 1.54) is 6.92 Å². The zero-order valence-corrected chi connectivity index (χ0v) is 16.6. The molecule has 0 aromatic heterocycles. The number of benzene rings is 1. The average Bonchev–Trinajstić information content (AvgIpc) is 2.61. The lowest BCUT2D eigenvalue weighted by molar-refractivity contribution is -0.157. The van der Waals surface area contributed by atoms with Crippen molar-refractivity contribution < 1.29 is 34.1 Å². The lowest BCUT2D eigenvalue weighted by Crippen LogP contribution is -2.11. The van der Waals surface area contributed by atoms with Gasteiger partial charge >= 0.3 is 23.9 Å². The summed E-state index contributed by atoms with van der Waals surface area (Å²) in [5.74, 6) is -2.86. The van der Waals surface area contributed by atoms with E-state index in [0.717, 1.165) is 18.4 Å². The molecule has 0 aliphatic rings. The Hall–Kier alpha value is -2.70. The van der Waals surface area contributed by atoms with E-state index in [9.17, 15) is 19.2 Å². The van der Waals surface area contributed by atoms with E-state index in [0.29, 0.717) is 0 Å². The summed E-state index contributed by atoms with van der Waals surface area (Å²) in [6, 6.07) is 9.13. The fraction of sp³-hybridized carbons (Fsp3) is 0.500. The van der Waals surface area contributed by atoms with Crippen LogP contribution in [0.1, 0.15) is 53.0 Å². The highest BCUT2D eigenvalue weighted by Gasteiger charge is 2.06. The largest absolute Gasteiger partial charge is 0.481 e. The van der Waals surface area contributed by atoms with Gasteiger partial charge in [-0.3, -0.25) is 19.2 Å². The highest BCUT2D eigenvalue weighted by Crippen LogP contribution is 2.00. The topological polar surface area (TPSA) is 118 Å². The van der Waals surface area contributed by atoms with Crippen molar-refractivity contribution in [3.63, 3.8) is 0 Å². The second-order valence-corrected chi connectivity index (χ2v) is 5.92. The van der Waals surface area contributed by atoms with Crippen LogP contribution >= 0.6 is 0 Å². The summed E-state index contributed by atoms with van der Waals surface area (Å²) in [6.07, 6.45) is 1.57. The molecule has 7 heteroatoms. The molecule has 2 atom stereocenters. The van der Waals surface area contributed by atoms with Crippen molar-refractivity contribution in [2.24, 2.45) is 11.8 Å². The first-order chi connectivity index (χ1) is 12.5. The zero-order valence-electron chi connectivity index (χ0n) is 16.6. The molecule has 1 aromatic carbocycles. The van der Waals surface area contributed by atoms with Gasteiger partial charge in [-0.25, -0.2) is 0 Å². The summed E-state index contributed by atoms with van der Waals surface area (Å²) in [5, 5.41) is 16.4.